The minimum atomic E-state index is 0.590. The maximum absolute atomic E-state index is 4.36. The topological polar surface area (TPSA) is 0 Å². The Kier molecular flexibility index (Phi) is 1.61. The summed E-state index contributed by atoms with van der Waals surface area (Å²) in [6, 6.07) is 0. The fourth-order valence-electron chi connectivity index (χ4n) is 2.66. The molecular formula is C10H16S. The van der Waals surface area contributed by atoms with Crippen LogP contribution in [-0.4, -0.2) is 5.75 Å². The predicted octanol–water partition coefficient (Wildman–Crippen LogP) is 2.91. The molecule has 0 aromatic rings. The summed E-state index contributed by atoms with van der Waals surface area (Å²) in [6.07, 6.45) is 5.15. The van der Waals surface area contributed by atoms with E-state index >= 15 is 0 Å². The van der Waals surface area contributed by atoms with E-state index in [9.17, 15) is 0 Å². The molecule has 0 aliphatic heterocycles. The molecule has 1 heteroatoms. The van der Waals surface area contributed by atoms with Gasteiger partial charge in [-0.25, -0.2) is 0 Å². The zero-order valence-corrected chi connectivity index (χ0v) is 8.20. The average molecular weight is 168 g/mol. The van der Waals surface area contributed by atoms with Crippen LogP contribution in [0.3, 0.4) is 0 Å². The fourth-order valence-corrected chi connectivity index (χ4v) is 3.01. The monoisotopic (exact) mass is 168 g/mol. The quantitative estimate of drug-likeness (QED) is 0.452. The van der Waals surface area contributed by atoms with E-state index in [1.807, 2.05) is 0 Å². The van der Waals surface area contributed by atoms with Crippen LogP contribution in [0.4, 0.5) is 0 Å². The summed E-state index contributed by atoms with van der Waals surface area (Å²) in [5.74, 6) is 2.80. The highest BCUT2D eigenvalue weighted by Crippen LogP contribution is 2.59. The van der Waals surface area contributed by atoms with Crippen LogP contribution in [0.1, 0.15) is 26.7 Å². The normalized spacial score (nSPS) is 39.4. The number of allylic oxidation sites excluding steroid dienone is 1. The Morgan fingerprint density at radius 1 is 1.64 bits per heavy atom. The Morgan fingerprint density at radius 3 is 2.73 bits per heavy atom. The Balaban J connectivity index is 2.23. The molecule has 0 radical (unpaired) electrons. The van der Waals surface area contributed by atoms with E-state index in [0.29, 0.717) is 5.41 Å². The van der Waals surface area contributed by atoms with E-state index in [1.54, 1.807) is 5.57 Å². The SMILES string of the molecule is CC1(C)C2CC=C(CS)C1C2. The van der Waals surface area contributed by atoms with Crippen LogP contribution in [0.15, 0.2) is 11.6 Å². The molecule has 0 spiro atoms. The molecule has 0 amide bonds. The van der Waals surface area contributed by atoms with Gasteiger partial charge < -0.3 is 0 Å². The van der Waals surface area contributed by atoms with Crippen molar-refractivity contribution in [2.45, 2.75) is 26.7 Å². The van der Waals surface area contributed by atoms with E-state index in [2.05, 4.69) is 32.6 Å². The van der Waals surface area contributed by atoms with Gasteiger partial charge in [0.1, 0.15) is 0 Å². The van der Waals surface area contributed by atoms with Crippen LogP contribution >= 0.6 is 12.6 Å². The standard InChI is InChI=1S/C10H16S/c1-10(2)8-4-3-7(6-11)9(10)5-8/h3,8-9,11H,4-6H2,1-2H3. The summed E-state index contributed by atoms with van der Waals surface area (Å²) in [5, 5.41) is 0. The van der Waals surface area contributed by atoms with Crippen LogP contribution in [0, 0.1) is 17.3 Å². The van der Waals surface area contributed by atoms with Gasteiger partial charge in [-0.2, -0.15) is 12.6 Å². The summed E-state index contributed by atoms with van der Waals surface area (Å²) < 4.78 is 0. The first kappa shape index (κ1) is 7.72. The lowest BCUT2D eigenvalue weighted by molar-refractivity contribution is -0.00534. The van der Waals surface area contributed by atoms with E-state index < -0.39 is 0 Å². The molecule has 2 bridgehead atoms. The number of fused-ring (bicyclic) bond motifs is 1. The molecule has 11 heavy (non-hydrogen) atoms. The Hall–Kier alpha value is 0.0900. The van der Waals surface area contributed by atoms with Crippen molar-refractivity contribution < 1.29 is 0 Å². The highest BCUT2D eigenvalue weighted by molar-refractivity contribution is 7.80. The first-order valence-electron chi connectivity index (χ1n) is 4.46. The van der Waals surface area contributed by atoms with Crippen LogP contribution < -0.4 is 0 Å². The molecule has 3 rings (SSSR count). The van der Waals surface area contributed by atoms with Gasteiger partial charge in [-0.15, -0.1) is 0 Å². The summed E-state index contributed by atoms with van der Waals surface area (Å²) in [7, 11) is 0. The van der Waals surface area contributed by atoms with Crippen LogP contribution in [0.5, 0.6) is 0 Å². The van der Waals surface area contributed by atoms with Crippen LogP contribution in [0.25, 0.3) is 0 Å². The van der Waals surface area contributed by atoms with Gasteiger partial charge >= 0.3 is 0 Å². The molecule has 0 aromatic heterocycles. The predicted molar refractivity (Wildman–Crippen MR) is 51.9 cm³/mol. The van der Waals surface area contributed by atoms with Crippen molar-refractivity contribution in [3.8, 4) is 0 Å². The van der Waals surface area contributed by atoms with E-state index in [1.165, 1.54) is 12.8 Å². The third-order valence-electron chi connectivity index (χ3n) is 3.77. The van der Waals surface area contributed by atoms with Gasteiger partial charge in [0.25, 0.3) is 0 Å². The molecule has 3 aliphatic rings. The van der Waals surface area contributed by atoms with Gasteiger partial charge in [0.15, 0.2) is 0 Å². The highest BCUT2D eigenvalue weighted by atomic mass is 32.1. The molecule has 62 valence electrons. The van der Waals surface area contributed by atoms with Crippen molar-refractivity contribution in [2.24, 2.45) is 17.3 Å². The second-order valence-electron chi connectivity index (χ2n) is 4.48. The van der Waals surface area contributed by atoms with Gasteiger partial charge in [-0.1, -0.05) is 25.5 Å². The van der Waals surface area contributed by atoms with Crippen LogP contribution in [0.2, 0.25) is 0 Å². The lowest BCUT2D eigenvalue weighted by Crippen LogP contribution is -2.48. The third kappa shape index (κ3) is 0.900. The zero-order valence-electron chi connectivity index (χ0n) is 7.30. The number of rotatable bonds is 1. The van der Waals surface area contributed by atoms with Crippen molar-refractivity contribution in [3.05, 3.63) is 11.6 Å². The highest BCUT2D eigenvalue weighted by Gasteiger charge is 2.50. The molecule has 3 aliphatic carbocycles. The van der Waals surface area contributed by atoms with E-state index in [4.69, 9.17) is 0 Å². The maximum atomic E-state index is 4.36. The molecule has 0 heterocycles. The van der Waals surface area contributed by atoms with Crippen LogP contribution in [-0.2, 0) is 0 Å². The molecular weight excluding hydrogens is 152 g/mol. The molecule has 0 saturated heterocycles. The largest absolute Gasteiger partial charge is 0.175 e. The molecule has 0 aromatic carbocycles. The minimum absolute atomic E-state index is 0.590. The van der Waals surface area contributed by atoms with Gasteiger partial charge in [-0.3, -0.25) is 0 Å². The van der Waals surface area contributed by atoms with Crippen molar-refractivity contribution >= 4 is 12.6 Å². The molecule has 2 atom stereocenters. The molecule has 0 N–H and O–H groups in total. The molecule has 2 unspecified atom stereocenters. The van der Waals surface area contributed by atoms with Crippen molar-refractivity contribution in [1.82, 2.24) is 0 Å². The Morgan fingerprint density at radius 2 is 2.36 bits per heavy atom. The lowest BCUT2D eigenvalue weighted by Gasteiger charge is -2.56. The number of thiol groups is 1. The Bertz CT molecular complexity index is 203. The number of hydrogen-bond donors (Lipinski definition) is 1. The van der Waals surface area contributed by atoms with Gasteiger partial charge in [0.05, 0.1) is 0 Å². The summed E-state index contributed by atoms with van der Waals surface area (Å²) in [5.41, 5.74) is 2.19. The zero-order chi connectivity index (χ0) is 8.06. The van der Waals surface area contributed by atoms with Crippen molar-refractivity contribution in [1.29, 1.82) is 0 Å². The summed E-state index contributed by atoms with van der Waals surface area (Å²) >= 11 is 4.36. The fraction of sp³-hybridized carbons (Fsp3) is 0.800. The molecule has 1 saturated carbocycles. The minimum Gasteiger partial charge on any atom is -0.175 e. The molecule has 1 fully saturated rings. The van der Waals surface area contributed by atoms with Gasteiger partial charge in [0.2, 0.25) is 0 Å². The first-order chi connectivity index (χ1) is 5.16. The Labute approximate surface area is 74.5 Å². The van der Waals surface area contributed by atoms with E-state index in [-0.39, 0.29) is 0 Å². The number of hydrogen-bond acceptors (Lipinski definition) is 1. The second kappa shape index (κ2) is 2.29. The first-order valence-corrected chi connectivity index (χ1v) is 5.09. The van der Waals surface area contributed by atoms with Gasteiger partial charge in [-0.05, 0) is 30.1 Å². The average Bonchev–Trinajstić information content (AvgIpc) is 2.04. The summed E-state index contributed by atoms with van der Waals surface area (Å²) in [4.78, 5) is 0. The molecule has 0 nitrogen and oxygen atoms in total. The smallest absolute Gasteiger partial charge is 0.0115 e. The maximum Gasteiger partial charge on any atom is 0.0115 e. The van der Waals surface area contributed by atoms with E-state index in [0.717, 1.165) is 17.6 Å². The summed E-state index contributed by atoms with van der Waals surface area (Å²) in [6.45, 7) is 4.81. The van der Waals surface area contributed by atoms with Gasteiger partial charge in [0, 0.05) is 5.75 Å². The third-order valence-corrected chi connectivity index (χ3v) is 4.13. The van der Waals surface area contributed by atoms with Crippen molar-refractivity contribution in [2.75, 3.05) is 5.75 Å². The lowest BCUT2D eigenvalue weighted by atomic mass is 9.49. The van der Waals surface area contributed by atoms with Crippen molar-refractivity contribution in [3.63, 3.8) is 0 Å². The second-order valence-corrected chi connectivity index (χ2v) is 4.80.